The molecule has 11 nitrogen and oxygen atoms in total. The number of aromatic nitrogens is 4. The molecule has 3 N–H and O–H groups in total. The minimum Gasteiger partial charge on any atom is -0.475 e. The van der Waals surface area contributed by atoms with Crippen LogP contribution in [0.3, 0.4) is 0 Å². The molecule has 1 aliphatic heterocycles. The van der Waals surface area contributed by atoms with Crippen molar-refractivity contribution in [2.45, 2.75) is 24.9 Å². The Morgan fingerprint density at radius 3 is 2.61 bits per heavy atom. The predicted molar refractivity (Wildman–Crippen MR) is 87.9 cm³/mol. The normalized spacial score (nSPS) is 16.4. The number of aliphatic carboxylic acids is 1. The fourth-order valence-corrected chi connectivity index (χ4v) is 2.98. The topological polar surface area (TPSA) is 154 Å². The maximum Gasteiger partial charge on any atom is 0.490 e. The van der Waals surface area contributed by atoms with Crippen molar-refractivity contribution in [1.82, 2.24) is 25.2 Å². The predicted octanol–water partition coefficient (Wildman–Crippen LogP) is 0.448. The van der Waals surface area contributed by atoms with Crippen molar-refractivity contribution in [2.75, 3.05) is 25.5 Å². The summed E-state index contributed by atoms with van der Waals surface area (Å²) in [5.41, 5.74) is 0. The second kappa shape index (κ2) is 8.81. The number of nitrogens with one attached hydrogen (secondary N) is 2. The Morgan fingerprint density at radius 2 is 2.11 bits per heavy atom. The van der Waals surface area contributed by atoms with Gasteiger partial charge in [0.15, 0.2) is 5.82 Å². The van der Waals surface area contributed by atoms with Gasteiger partial charge in [-0.2, -0.15) is 13.2 Å². The van der Waals surface area contributed by atoms with Gasteiger partial charge < -0.3 is 15.3 Å². The highest BCUT2D eigenvalue weighted by Gasteiger charge is 2.38. The Bertz CT molecular complexity index is 878. The summed E-state index contributed by atoms with van der Waals surface area (Å²) in [7, 11) is 1.76. The van der Waals surface area contributed by atoms with E-state index in [4.69, 9.17) is 9.90 Å². The van der Waals surface area contributed by atoms with Crippen LogP contribution in [0.2, 0.25) is 0 Å². The van der Waals surface area contributed by atoms with Crippen molar-refractivity contribution in [2.24, 2.45) is 0 Å². The van der Waals surface area contributed by atoms with Gasteiger partial charge in [-0.1, -0.05) is 16.5 Å². The molecule has 154 valence electrons. The van der Waals surface area contributed by atoms with Gasteiger partial charge in [-0.3, -0.25) is 14.3 Å². The van der Waals surface area contributed by atoms with Gasteiger partial charge >= 0.3 is 17.9 Å². The average Bonchev–Trinajstić information content (AvgIpc) is 3.34. The number of carboxylic acids is 1. The first kappa shape index (κ1) is 21.3. The van der Waals surface area contributed by atoms with Gasteiger partial charge in [-0.05, 0) is 6.42 Å². The number of nitrogens with zero attached hydrogens (tertiary/aromatic N) is 4. The van der Waals surface area contributed by atoms with Gasteiger partial charge in [0.25, 0.3) is 0 Å². The number of hydrogen-bond acceptors (Lipinski definition) is 9. The largest absolute Gasteiger partial charge is 0.490 e. The van der Waals surface area contributed by atoms with Crippen LogP contribution in [0.25, 0.3) is 0 Å². The molecule has 1 fully saturated rings. The molecule has 0 bridgehead atoms. The third kappa shape index (κ3) is 5.77. The molecule has 15 heteroatoms. The maximum absolute atomic E-state index is 12.2. The van der Waals surface area contributed by atoms with Crippen molar-refractivity contribution >= 4 is 28.3 Å². The zero-order valence-electron chi connectivity index (χ0n) is 14.3. The third-order valence-electron chi connectivity index (χ3n) is 3.61. The number of carbonyl (C=O) groups is 2. The molecule has 3 heterocycles. The quantitative estimate of drug-likeness (QED) is 0.634. The van der Waals surface area contributed by atoms with Crippen molar-refractivity contribution in [3.05, 3.63) is 21.4 Å². The van der Waals surface area contributed by atoms with E-state index in [2.05, 4.69) is 30.2 Å². The molecule has 1 atom stereocenters. The van der Waals surface area contributed by atoms with E-state index >= 15 is 0 Å². The lowest BCUT2D eigenvalue weighted by atomic mass is 10.1. The molecule has 2 aromatic heterocycles. The van der Waals surface area contributed by atoms with Gasteiger partial charge in [0.05, 0.1) is 6.42 Å². The lowest BCUT2D eigenvalue weighted by Crippen LogP contribution is -2.30. The molecule has 28 heavy (non-hydrogen) atoms. The number of aromatic amines is 1. The molecule has 0 radical (unpaired) electrons. The lowest BCUT2D eigenvalue weighted by molar-refractivity contribution is -0.192. The van der Waals surface area contributed by atoms with Crippen molar-refractivity contribution in [3.63, 3.8) is 0 Å². The van der Waals surface area contributed by atoms with Gasteiger partial charge in [-0.15, -0.1) is 10.2 Å². The molecule has 1 aliphatic rings. The van der Waals surface area contributed by atoms with Crippen LogP contribution in [0.5, 0.6) is 0 Å². The molecule has 3 rings (SSSR count). The van der Waals surface area contributed by atoms with Crippen LogP contribution >= 0.6 is 11.3 Å². The van der Waals surface area contributed by atoms with E-state index in [0.717, 1.165) is 6.42 Å². The van der Waals surface area contributed by atoms with E-state index in [9.17, 15) is 22.8 Å². The van der Waals surface area contributed by atoms with Crippen LogP contribution in [0, 0.1) is 0 Å². The molecule has 2 aromatic rings. The Hall–Kier alpha value is -2.97. The average molecular weight is 424 g/mol. The van der Waals surface area contributed by atoms with E-state index in [1.54, 1.807) is 11.9 Å². The maximum atomic E-state index is 12.2. The number of H-pyrrole nitrogens is 1. The standard InChI is InChI=1S/C11H14N6O3S.C2HF3O2/c1-12-10-15-14-7(21-10)4-8(18)17-3-2-6(5-17)9-13-11(19)20-16-9;3-2(4,5)1(6)7/h6H,2-5H2,1H3,(H,12,15)(H,13,16,19);(H,6,7). The van der Waals surface area contributed by atoms with Crippen molar-refractivity contribution < 1.29 is 32.4 Å². The van der Waals surface area contributed by atoms with E-state index in [-0.39, 0.29) is 18.2 Å². The van der Waals surface area contributed by atoms with Crippen molar-refractivity contribution in [3.8, 4) is 0 Å². The smallest absolute Gasteiger partial charge is 0.475 e. The van der Waals surface area contributed by atoms with Gasteiger partial charge in [0.1, 0.15) is 5.01 Å². The number of hydrogen-bond donors (Lipinski definition) is 3. The zero-order valence-corrected chi connectivity index (χ0v) is 15.1. The first-order valence-corrected chi connectivity index (χ1v) is 8.55. The van der Waals surface area contributed by atoms with Gasteiger partial charge in [0, 0.05) is 26.1 Å². The molecular weight excluding hydrogens is 409 g/mol. The number of rotatable bonds is 4. The number of carbonyl (C=O) groups excluding carboxylic acids is 1. The Balaban J connectivity index is 0.000000345. The number of likely N-dealkylation sites (tertiary alicyclic amines) is 1. The van der Waals surface area contributed by atoms with E-state index in [0.29, 0.717) is 29.1 Å². The van der Waals surface area contributed by atoms with E-state index in [1.807, 2.05) is 0 Å². The van der Waals surface area contributed by atoms with Crippen LogP contribution in [0.1, 0.15) is 23.2 Å². The number of anilines is 1. The lowest BCUT2D eigenvalue weighted by Gasteiger charge is -2.14. The number of alkyl halides is 3. The molecule has 0 saturated carbocycles. The number of halogens is 3. The van der Waals surface area contributed by atoms with Gasteiger partial charge in [-0.25, -0.2) is 9.59 Å². The summed E-state index contributed by atoms with van der Waals surface area (Å²) in [6.07, 6.45) is -4.09. The molecule has 0 aliphatic carbocycles. The summed E-state index contributed by atoms with van der Waals surface area (Å²) in [6.45, 7) is 1.16. The fraction of sp³-hybridized carbons (Fsp3) is 0.538. The van der Waals surface area contributed by atoms with Crippen LogP contribution in [-0.2, 0) is 16.0 Å². The number of carboxylic acid groups (broad SMARTS) is 1. The van der Waals surface area contributed by atoms with Gasteiger partial charge in [0.2, 0.25) is 11.0 Å². The van der Waals surface area contributed by atoms with E-state index in [1.165, 1.54) is 11.3 Å². The molecule has 1 unspecified atom stereocenters. The van der Waals surface area contributed by atoms with Crippen LogP contribution < -0.4 is 11.1 Å². The summed E-state index contributed by atoms with van der Waals surface area (Å²) >= 11 is 1.36. The van der Waals surface area contributed by atoms with E-state index < -0.39 is 17.9 Å². The van der Waals surface area contributed by atoms with Crippen LogP contribution in [0.15, 0.2) is 9.32 Å². The summed E-state index contributed by atoms with van der Waals surface area (Å²) in [5, 5.41) is 22.9. The fourth-order valence-electron chi connectivity index (χ4n) is 2.29. The molecule has 0 spiro atoms. The molecule has 0 aromatic carbocycles. The summed E-state index contributed by atoms with van der Waals surface area (Å²) < 4.78 is 36.2. The molecular formula is C13H15F3N6O5S. The molecule has 1 amide bonds. The Labute approximate surface area is 158 Å². The summed E-state index contributed by atoms with van der Waals surface area (Å²) in [5.74, 6) is -2.80. The highest BCUT2D eigenvalue weighted by molar-refractivity contribution is 7.15. The van der Waals surface area contributed by atoms with Crippen LogP contribution in [-0.4, -0.2) is 68.5 Å². The third-order valence-corrected chi connectivity index (χ3v) is 4.55. The number of amides is 1. The minimum atomic E-state index is -5.08. The summed E-state index contributed by atoms with van der Waals surface area (Å²) in [6, 6.07) is 0. The van der Waals surface area contributed by atoms with Crippen LogP contribution in [0.4, 0.5) is 18.3 Å². The Morgan fingerprint density at radius 1 is 1.43 bits per heavy atom. The SMILES string of the molecule is CNc1nnc(CC(=O)N2CCC(c3noc(=O)[nH]3)C2)s1.O=C(O)C(F)(F)F. The molecule has 1 saturated heterocycles. The van der Waals surface area contributed by atoms with Crippen molar-refractivity contribution in [1.29, 1.82) is 0 Å². The highest BCUT2D eigenvalue weighted by Crippen LogP contribution is 2.25. The highest BCUT2D eigenvalue weighted by atomic mass is 32.1. The summed E-state index contributed by atoms with van der Waals surface area (Å²) in [4.78, 5) is 36.4. The Kier molecular flexibility index (Phi) is 6.71. The first-order chi connectivity index (χ1) is 13.1. The monoisotopic (exact) mass is 424 g/mol. The first-order valence-electron chi connectivity index (χ1n) is 7.74. The second-order valence-electron chi connectivity index (χ2n) is 5.54. The second-order valence-corrected chi connectivity index (χ2v) is 6.60. The minimum absolute atomic E-state index is 0.00199. The zero-order chi connectivity index (χ0) is 20.9.